The van der Waals surface area contributed by atoms with Gasteiger partial charge in [0.25, 0.3) is 0 Å². The summed E-state index contributed by atoms with van der Waals surface area (Å²) < 4.78 is 24.5. The molecule has 2 N–H and O–H groups in total. The Hall–Kier alpha value is -3.02. The maximum Gasteiger partial charge on any atom is 0.231 e. The van der Waals surface area contributed by atoms with E-state index in [2.05, 4.69) is 10.3 Å². The smallest absolute Gasteiger partial charge is 0.231 e. The third-order valence-electron chi connectivity index (χ3n) is 4.01. The summed E-state index contributed by atoms with van der Waals surface area (Å²) in [6.07, 6.45) is 1.79. The van der Waals surface area contributed by atoms with Gasteiger partial charge in [-0.25, -0.2) is 4.39 Å². The number of aromatic nitrogens is 1. The van der Waals surface area contributed by atoms with Gasteiger partial charge >= 0.3 is 0 Å². The highest BCUT2D eigenvalue weighted by Crippen LogP contribution is 2.32. The number of aromatic amines is 1. The molecule has 0 unspecified atom stereocenters. The molecule has 0 saturated carbocycles. The predicted molar refractivity (Wildman–Crippen MR) is 86.4 cm³/mol. The van der Waals surface area contributed by atoms with E-state index in [1.807, 2.05) is 18.2 Å². The first kappa shape index (κ1) is 14.6. The molecular formula is C18H15FN2O3. The molecule has 122 valence electrons. The van der Waals surface area contributed by atoms with Crippen LogP contribution in [0.2, 0.25) is 0 Å². The summed E-state index contributed by atoms with van der Waals surface area (Å²) in [5, 5.41) is 3.31. The van der Waals surface area contributed by atoms with Crippen LogP contribution in [0.15, 0.2) is 42.6 Å². The summed E-state index contributed by atoms with van der Waals surface area (Å²) in [6, 6.07) is 10.3. The van der Waals surface area contributed by atoms with Crippen LogP contribution in [0.5, 0.6) is 11.5 Å². The zero-order valence-corrected chi connectivity index (χ0v) is 12.8. The normalized spacial score (nSPS) is 12.5. The summed E-state index contributed by atoms with van der Waals surface area (Å²) >= 11 is 0. The number of hydrogen-bond acceptors (Lipinski definition) is 3. The maximum absolute atomic E-state index is 13.9. The number of carbonyl (C=O) groups excluding carboxylic acids is 1. The molecule has 0 spiro atoms. The second-order valence-corrected chi connectivity index (χ2v) is 5.62. The van der Waals surface area contributed by atoms with Gasteiger partial charge in [0.2, 0.25) is 12.7 Å². The van der Waals surface area contributed by atoms with Crippen LogP contribution < -0.4 is 14.8 Å². The van der Waals surface area contributed by atoms with Gasteiger partial charge in [-0.15, -0.1) is 0 Å². The zero-order valence-electron chi connectivity index (χ0n) is 12.8. The van der Waals surface area contributed by atoms with Crippen molar-refractivity contribution in [3.8, 4) is 11.5 Å². The average molecular weight is 326 g/mol. The van der Waals surface area contributed by atoms with Gasteiger partial charge in [-0.1, -0.05) is 12.1 Å². The Morgan fingerprint density at radius 2 is 2.08 bits per heavy atom. The molecule has 2 aromatic carbocycles. The molecule has 6 heteroatoms. The van der Waals surface area contributed by atoms with Crippen LogP contribution in [0.4, 0.5) is 4.39 Å². The molecule has 24 heavy (non-hydrogen) atoms. The van der Waals surface area contributed by atoms with Crippen molar-refractivity contribution in [2.45, 2.75) is 13.0 Å². The van der Waals surface area contributed by atoms with Crippen molar-refractivity contribution < 1.29 is 18.7 Å². The van der Waals surface area contributed by atoms with E-state index in [-0.39, 0.29) is 24.9 Å². The third-order valence-corrected chi connectivity index (χ3v) is 4.01. The molecule has 4 rings (SSSR count). The van der Waals surface area contributed by atoms with Gasteiger partial charge in [0.15, 0.2) is 11.5 Å². The summed E-state index contributed by atoms with van der Waals surface area (Å²) in [5.41, 5.74) is 2.25. The Kier molecular flexibility index (Phi) is 3.57. The standard InChI is InChI=1S/C18H15FN2O3/c19-13-2-1-3-14-18(13)12(9-20-14)7-17(22)21-8-11-4-5-15-16(6-11)24-10-23-15/h1-6,9,20H,7-8,10H2,(H,21,22). The molecule has 1 aliphatic heterocycles. The van der Waals surface area contributed by atoms with Crippen molar-refractivity contribution in [2.75, 3.05) is 6.79 Å². The van der Waals surface area contributed by atoms with Gasteiger partial charge in [0, 0.05) is 23.6 Å². The summed E-state index contributed by atoms with van der Waals surface area (Å²) in [7, 11) is 0. The van der Waals surface area contributed by atoms with Crippen LogP contribution in [0.1, 0.15) is 11.1 Å². The third kappa shape index (κ3) is 2.67. The second kappa shape index (κ2) is 5.88. The van der Waals surface area contributed by atoms with E-state index in [0.717, 1.165) is 5.56 Å². The number of carbonyl (C=O) groups is 1. The lowest BCUT2D eigenvalue weighted by atomic mass is 10.1. The molecule has 0 bridgehead atoms. The maximum atomic E-state index is 13.9. The van der Waals surface area contributed by atoms with Gasteiger partial charge < -0.3 is 19.8 Å². The number of ether oxygens (including phenoxy) is 2. The lowest BCUT2D eigenvalue weighted by molar-refractivity contribution is -0.120. The van der Waals surface area contributed by atoms with Crippen LogP contribution in [0, 0.1) is 5.82 Å². The minimum atomic E-state index is -0.327. The van der Waals surface area contributed by atoms with Crippen molar-refractivity contribution >= 4 is 16.8 Å². The Morgan fingerprint density at radius 3 is 3.00 bits per heavy atom. The summed E-state index contributed by atoms with van der Waals surface area (Å²) in [4.78, 5) is 15.2. The van der Waals surface area contributed by atoms with Crippen molar-refractivity contribution in [1.82, 2.24) is 10.3 Å². The van der Waals surface area contributed by atoms with E-state index < -0.39 is 0 Å². The van der Waals surface area contributed by atoms with E-state index >= 15 is 0 Å². The van der Waals surface area contributed by atoms with Gasteiger partial charge in [-0.05, 0) is 35.4 Å². The summed E-state index contributed by atoms with van der Waals surface area (Å²) in [6.45, 7) is 0.595. The van der Waals surface area contributed by atoms with Gasteiger partial charge in [-0.2, -0.15) is 0 Å². The minimum absolute atomic E-state index is 0.117. The quantitative estimate of drug-likeness (QED) is 0.775. The largest absolute Gasteiger partial charge is 0.454 e. The fourth-order valence-electron chi connectivity index (χ4n) is 2.83. The van der Waals surface area contributed by atoms with Crippen LogP contribution >= 0.6 is 0 Å². The molecule has 0 saturated heterocycles. The Morgan fingerprint density at radius 1 is 1.21 bits per heavy atom. The molecule has 3 aromatic rings. The van der Waals surface area contributed by atoms with E-state index in [1.54, 1.807) is 18.3 Å². The zero-order chi connectivity index (χ0) is 16.5. The number of rotatable bonds is 4. The fourth-order valence-corrected chi connectivity index (χ4v) is 2.83. The number of nitrogens with one attached hydrogen (secondary N) is 2. The Bertz CT molecular complexity index is 920. The van der Waals surface area contributed by atoms with Crippen molar-refractivity contribution in [2.24, 2.45) is 0 Å². The van der Waals surface area contributed by atoms with E-state index in [9.17, 15) is 9.18 Å². The molecule has 1 aromatic heterocycles. The molecule has 0 atom stereocenters. The van der Waals surface area contributed by atoms with Crippen LogP contribution in [0.25, 0.3) is 10.9 Å². The highest BCUT2D eigenvalue weighted by atomic mass is 19.1. The van der Waals surface area contributed by atoms with Gasteiger partial charge in [0.1, 0.15) is 5.82 Å². The fraction of sp³-hybridized carbons (Fsp3) is 0.167. The molecule has 2 heterocycles. The van der Waals surface area contributed by atoms with Gasteiger partial charge in [-0.3, -0.25) is 4.79 Å². The molecule has 0 aliphatic carbocycles. The van der Waals surface area contributed by atoms with Crippen molar-refractivity contribution in [3.05, 3.63) is 59.5 Å². The van der Waals surface area contributed by atoms with Gasteiger partial charge in [0.05, 0.1) is 6.42 Å². The number of halogens is 1. The van der Waals surface area contributed by atoms with E-state index in [0.29, 0.717) is 34.5 Å². The highest BCUT2D eigenvalue weighted by molar-refractivity contribution is 5.89. The molecule has 0 radical (unpaired) electrons. The molecule has 1 amide bonds. The first-order valence-electron chi connectivity index (χ1n) is 7.60. The Balaban J connectivity index is 1.43. The van der Waals surface area contributed by atoms with Crippen molar-refractivity contribution in [1.29, 1.82) is 0 Å². The second-order valence-electron chi connectivity index (χ2n) is 5.62. The Labute approximate surface area is 137 Å². The van der Waals surface area contributed by atoms with E-state index in [1.165, 1.54) is 6.07 Å². The van der Waals surface area contributed by atoms with Crippen LogP contribution in [-0.2, 0) is 17.8 Å². The molecule has 0 fully saturated rings. The molecule has 5 nitrogen and oxygen atoms in total. The number of hydrogen-bond donors (Lipinski definition) is 2. The monoisotopic (exact) mass is 326 g/mol. The number of fused-ring (bicyclic) bond motifs is 2. The minimum Gasteiger partial charge on any atom is -0.454 e. The first-order valence-corrected chi connectivity index (χ1v) is 7.60. The topological polar surface area (TPSA) is 63.4 Å². The number of benzene rings is 2. The summed E-state index contributed by atoms with van der Waals surface area (Å²) in [5.74, 6) is 0.893. The number of amides is 1. The molecule has 1 aliphatic rings. The SMILES string of the molecule is O=C(Cc1c[nH]c2cccc(F)c12)NCc1ccc2c(c1)OCO2. The predicted octanol–water partition coefficient (Wildman–Crippen LogP) is 2.89. The molecular weight excluding hydrogens is 311 g/mol. The highest BCUT2D eigenvalue weighted by Gasteiger charge is 2.14. The van der Waals surface area contributed by atoms with E-state index in [4.69, 9.17) is 9.47 Å². The number of H-pyrrole nitrogens is 1. The van der Waals surface area contributed by atoms with Crippen LogP contribution in [-0.4, -0.2) is 17.7 Å². The first-order chi connectivity index (χ1) is 11.7. The lowest BCUT2D eigenvalue weighted by Gasteiger charge is -2.06. The van der Waals surface area contributed by atoms with Crippen molar-refractivity contribution in [3.63, 3.8) is 0 Å². The average Bonchev–Trinajstić information content (AvgIpc) is 3.20. The lowest BCUT2D eigenvalue weighted by Crippen LogP contribution is -2.24. The van der Waals surface area contributed by atoms with Crippen LogP contribution in [0.3, 0.4) is 0 Å².